The normalized spacial score (nSPS) is 14.5. The Balaban J connectivity index is 1.62. The van der Waals surface area contributed by atoms with Gasteiger partial charge in [0.05, 0.1) is 0 Å². The van der Waals surface area contributed by atoms with Crippen LogP contribution in [0.5, 0.6) is 0 Å². The number of nitrogens with zero attached hydrogens (tertiary/aromatic N) is 3. The molecule has 0 atom stereocenters. The van der Waals surface area contributed by atoms with Crippen molar-refractivity contribution >= 4 is 23.5 Å². The Bertz CT molecular complexity index is 877. The van der Waals surface area contributed by atoms with Crippen LogP contribution in [0.1, 0.15) is 47.5 Å². The van der Waals surface area contributed by atoms with Crippen LogP contribution in [0.4, 0.5) is 5.82 Å². The molecule has 1 aromatic heterocycles. The standard InChI is InChI=1S/C21H25N5O3/c1-14(2)21(29)26-12-8-16(9-13-26)24-20(28)17-18(23-11-10-22-17)25-19(27)15-6-4-3-5-7-15/h3-7,10-11,14,16H,8-9,12-13H2,1-2H3,(H,24,28)(H,23,25,27). The van der Waals surface area contributed by atoms with Gasteiger partial charge in [-0.2, -0.15) is 0 Å². The van der Waals surface area contributed by atoms with Crippen LogP contribution in [0.15, 0.2) is 42.7 Å². The monoisotopic (exact) mass is 395 g/mol. The second kappa shape index (κ2) is 9.27. The van der Waals surface area contributed by atoms with Crippen LogP contribution < -0.4 is 10.6 Å². The van der Waals surface area contributed by atoms with Crippen molar-refractivity contribution in [1.29, 1.82) is 0 Å². The molecule has 0 bridgehead atoms. The number of benzene rings is 1. The molecule has 1 aliphatic rings. The molecule has 152 valence electrons. The van der Waals surface area contributed by atoms with E-state index in [0.29, 0.717) is 31.5 Å². The first-order valence-corrected chi connectivity index (χ1v) is 9.72. The maximum absolute atomic E-state index is 12.7. The minimum absolute atomic E-state index is 0.0310. The number of aromatic nitrogens is 2. The van der Waals surface area contributed by atoms with Crippen molar-refractivity contribution in [2.24, 2.45) is 5.92 Å². The van der Waals surface area contributed by atoms with E-state index in [-0.39, 0.29) is 35.3 Å². The quantitative estimate of drug-likeness (QED) is 0.807. The summed E-state index contributed by atoms with van der Waals surface area (Å²) >= 11 is 0. The third-order valence-electron chi connectivity index (χ3n) is 4.82. The molecule has 29 heavy (non-hydrogen) atoms. The third-order valence-corrected chi connectivity index (χ3v) is 4.82. The molecule has 3 rings (SSSR count). The molecule has 3 amide bonds. The highest BCUT2D eigenvalue weighted by atomic mass is 16.2. The van der Waals surface area contributed by atoms with Crippen LogP contribution >= 0.6 is 0 Å². The van der Waals surface area contributed by atoms with Crippen molar-refractivity contribution in [2.45, 2.75) is 32.7 Å². The number of piperidine rings is 1. The Morgan fingerprint density at radius 3 is 2.31 bits per heavy atom. The number of rotatable bonds is 5. The number of amides is 3. The lowest BCUT2D eigenvalue weighted by Gasteiger charge is -2.33. The Morgan fingerprint density at radius 1 is 1.00 bits per heavy atom. The topological polar surface area (TPSA) is 104 Å². The van der Waals surface area contributed by atoms with Crippen LogP contribution in [0.2, 0.25) is 0 Å². The van der Waals surface area contributed by atoms with E-state index in [0.717, 1.165) is 0 Å². The van der Waals surface area contributed by atoms with Gasteiger partial charge in [-0.05, 0) is 25.0 Å². The van der Waals surface area contributed by atoms with E-state index >= 15 is 0 Å². The zero-order valence-corrected chi connectivity index (χ0v) is 16.6. The number of hydrogen-bond acceptors (Lipinski definition) is 5. The van der Waals surface area contributed by atoms with E-state index in [1.807, 2.05) is 24.8 Å². The van der Waals surface area contributed by atoms with E-state index in [1.54, 1.807) is 24.3 Å². The van der Waals surface area contributed by atoms with E-state index in [9.17, 15) is 14.4 Å². The fraction of sp³-hybridized carbons (Fsp3) is 0.381. The molecule has 8 heteroatoms. The lowest BCUT2D eigenvalue weighted by Crippen LogP contribution is -2.47. The Morgan fingerprint density at radius 2 is 1.66 bits per heavy atom. The second-order valence-corrected chi connectivity index (χ2v) is 7.30. The highest BCUT2D eigenvalue weighted by Gasteiger charge is 2.26. The van der Waals surface area contributed by atoms with Gasteiger partial charge in [0.1, 0.15) is 0 Å². The fourth-order valence-electron chi connectivity index (χ4n) is 3.23. The van der Waals surface area contributed by atoms with Crippen molar-refractivity contribution in [3.63, 3.8) is 0 Å². The summed E-state index contributed by atoms with van der Waals surface area (Å²) in [7, 11) is 0. The summed E-state index contributed by atoms with van der Waals surface area (Å²) in [4.78, 5) is 47.3. The molecule has 8 nitrogen and oxygen atoms in total. The van der Waals surface area contributed by atoms with E-state index in [4.69, 9.17) is 0 Å². The summed E-state index contributed by atoms with van der Waals surface area (Å²) in [6.45, 7) is 4.99. The summed E-state index contributed by atoms with van der Waals surface area (Å²) in [6, 6.07) is 8.64. The maximum atomic E-state index is 12.7. The van der Waals surface area contributed by atoms with Gasteiger partial charge in [0, 0.05) is 43.0 Å². The summed E-state index contributed by atoms with van der Waals surface area (Å²) in [5.41, 5.74) is 0.532. The third kappa shape index (κ3) is 5.16. The molecule has 2 aromatic rings. The SMILES string of the molecule is CC(C)C(=O)N1CCC(NC(=O)c2nccnc2NC(=O)c2ccccc2)CC1. The van der Waals surface area contributed by atoms with Crippen LogP contribution in [0, 0.1) is 5.92 Å². The first-order chi connectivity index (χ1) is 14.0. The zero-order valence-electron chi connectivity index (χ0n) is 16.6. The highest BCUT2D eigenvalue weighted by molar-refractivity contribution is 6.07. The van der Waals surface area contributed by atoms with Gasteiger partial charge in [0.15, 0.2) is 11.5 Å². The molecule has 0 saturated carbocycles. The number of carbonyl (C=O) groups excluding carboxylic acids is 3. The molecule has 0 spiro atoms. The molecule has 0 radical (unpaired) electrons. The summed E-state index contributed by atoms with van der Waals surface area (Å²) in [6.07, 6.45) is 4.19. The Hall–Kier alpha value is -3.29. The van der Waals surface area contributed by atoms with E-state index in [2.05, 4.69) is 20.6 Å². The summed E-state index contributed by atoms with van der Waals surface area (Å²) in [5.74, 6) is -0.534. The van der Waals surface area contributed by atoms with Crippen LogP contribution in [0.25, 0.3) is 0 Å². The van der Waals surface area contributed by atoms with Gasteiger partial charge in [-0.15, -0.1) is 0 Å². The molecule has 1 saturated heterocycles. The van der Waals surface area contributed by atoms with Gasteiger partial charge in [0.2, 0.25) is 5.91 Å². The van der Waals surface area contributed by atoms with Crippen molar-refractivity contribution in [3.05, 3.63) is 54.0 Å². The Labute approximate surface area is 169 Å². The molecule has 1 aromatic carbocycles. The lowest BCUT2D eigenvalue weighted by molar-refractivity contribution is -0.135. The number of nitrogens with one attached hydrogen (secondary N) is 2. The van der Waals surface area contributed by atoms with Gasteiger partial charge in [0.25, 0.3) is 11.8 Å². The van der Waals surface area contributed by atoms with Gasteiger partial charge >= 0.3 is 0 Å². The first kappa shape index (κ1) is 20.4. The van der Waals surface area contributed by atoms with Gasteiger partial charge in [-0.1, -0.05) is 32.0 Å². The summed E-state index contributed by atoms with van der Waals surface area (Å²) < 4.78 is 0. The predicted molar refractivity (Wildman–Crippen MR) is 108 cm³/mol. The molecule has 1 fully saturated rings. The minimum atomic E-state index is -0.393. The van der Waals surface area contributed by atoms with E-state index in [1.165, 1.54) is 12.4 Å². The van der Waals surface area contributed by atoms with Crippen LogP contribution in [-0.4, -0.2) is 51.7 Å². The largest absolute Gasteiger partial charge is 0.348 e. The van der Waals surface area contributed by atoms with Crippen molar-refractivity contribution < 1.29 is 14.4 Å². The zero-order chi connectivity index (χ0) is 20.8. The Kier molecular flexibility index (Phi) is 6.54. The van der Waals surface area contributed by atoms with Gasteiger partial charge in [-0.25, -0.2) is 9.97 Å². The molecule has 2 heterocycles. The summed E-state index contributed by atoms with van der Waals surface area (Å²) in [5, 5.41) is 5.60. The molecule has 0 unspecified atom stereocenters. The molecule has 2 N–H and O–H groups in total. The highest BCUT2D eigenvalue weighted by Crippen LogP contribution is 2.16. The molecule has 1 aliphatic heterocycles. The number of carbonyl (C=O) groups is 3. The van der Waals surface area contributed by atoms with Crippen molar-refractivity contribution in [2.75, 3.05) is 18.4 Å². The molecule has 0 aliphatic carbocycles. The molecular formula is C21H25N5O3. The average molecular weight is 395 g/mol. The number of likely N-dealkylation sites (tertiary alicyclic amines) is 1. The van der Waals surface area contributed by atoms with E-state index < -0.39 is 5.91 Å². The van der Waals surface area contributed by atoms with Gasteiger partial charge < -0.3 is 15.5 Å². The average Bonchev–Trinajstić information content (AvgIpc) is 2.74. The smallest absolute Gasteiger partial charge is 0.273 e. The van der Waals surface area contributed by atoms with Crippen LogP contribution in [0.3, 0.4) is 0 Å². The van der Waals surface area contributed by atoms with Crippen LogP contribution in [-0.2, 0) is 4.79 Å². The minimum Gasteiger partial charge on any atom is -0.348 e. The predicted octanol–water partition coefficient (Wildman–Crippen LogP) is 2.11. The molecular weight excluding hydrogens is 370 g/mol. The second-order valence-electron chi connectivity index (χ2n) is 7.30. The van der Waals surface area contributed by atoms with Gasteiger partial charge in [-0.3, -0.25) is 14.4 Å². The number of anilines is 1. The fourth-order valence-corrected chi connectivity index (χ4v) is 3.23. The van der Waals surface area contributed by atoms with Crippen molar-refractivity contribution in [3.8, 4) is 0 Å². The lowest BCUT2D eigenvalue weighted by atomic mass is 10.0. The first-order valence-electron chi connectivity index (χ1n) is 9.72. The number of hydrogen-bond donors (Lipinski definition) is 2. The maximum Gasteiger partial charge on any atom is 0.273 e. The van der Waals surface area contributed by atoms with Crippen molar-refractivity contribution in [1.82, 2.24) is 20.2 Å².